The summed E-state index contributed by atoms with van der Waals surface area (Å²) in [6.07, 6.45) is 1.56. The lowest BCUT2D eigenvalue weighted by atomic mass is 9.79. The van der Waals surface area contributed by atoms with Crippen molar-refractivity contribution in [1.29, 1.82) is 5.26 Å². The van der Waals surface area contributed by atoms with E-state index >= 15 is 0 Å². The summed E-state index contributed by atoms with van der Waals surface area (Å²) in [5.74, 6) is 0.882. The van der Waals surface area contributed by atoms with Gasteiger partial charge in [0.1, 0.15) is 5.60 Å². The number of hydrogen-bond acceptors (Lipinski definition) is 3. The monoisotopic (exact) mass is 266 g/mol. The second-order valence-electron chi connectivity index (χ2n) is 6.70. The molecular formula is C15H26N2O2. The topological polar surface area (TPSA) is 53.3 Å². The summed E-state index contributed by atoms with van der Waals surface area (Å²) >= 11 is 0. The predicted molar refractivity (Wildman–Crippen MR) is 74.5 cm³/mol. The zero-order chi connectivity index (χ0) is 14.6. The molecule has 4 nitrogen and oxygen atoms in total. The van der Waals surface area contributed by atoms with Gasteiger partial charge in [0.15, 0.2) is 0 Å². The van der Waals surface area contributed by atoms with E-state index in [1.54, 1.807) is 4.90 Å². The van der Waals surface area contributed by atoms with E-state index in [9.17, 15) is 10.1 Å². The van der Waals surface area contributed by atoms with Gasteiger partial charge in [0.25, 0.3) is 0 Å². The van der Waals surface area contributed by atoms with E-state index < -0.39 is 5.60 Å². The normalized spacial score (nSPS) is 19.1. The molecule has 0 bridgehead atoms. The fourth-order valence-corrected chi connectivity index (χ4v) is 2.57. The summed E-state index contributed by atoms with van der Waals surface area (Å²) in [7, 11) is 0. The van der Waals surface area contributed by atoms with Crippen LogP contribution in [-0.4, -0.2) is 29.7 Å². The van der Waals surface area contributed by atoms with Crippen molar-refractivity contribution in [3.63, 3.8) is 0 Å². The molecule has 1 unspecified atom stereocenters. The van der Waals surface area contributed by atoms with E-state index in [2.05, 4.69) is 19.9 Å². The lowest BCUT2D eigenvalue weighted by molar-refractivity contribution is 0.0162. The van der Waals surface area contributed by atoms with Gasteiger partial charge in [-0.05, 0) is 45.4 Å². The van der Waals surface area contributed by atoms with Crippen LogP contribution in [0.1, 0.15) is 47.5 Å². The third-order valence-corrected chi connectivity index (χ3v) is 3.57. The lowest BCUT2D eigenvalue weighted by Gasteiger charge is -2.35. The number of carbonyl (C=O) groups is 1. The highest BCUT2D eigenvalue weighted by Gasteiger charge is 2.31. The number of nitriles is 1. The van der Waals surface area contributed by atoms with E-state index in [0.717, 1.165) is 12.8 Å². The molecule has 1 heterocycles. The van der Waals surface area contributed by atoms with Crippen LogP contribution in [0.5, 0.6) is 0 Å². The van der Waals surface area contributed by atoms with Crippen LogP contribution in [-0.2, 0) is 4.74 Å². The molecule has 0 saturated carbocycles. The fourth-order valence-electron chi connectivity index (χ4n) is 2.57. The first-order valence-corrected chi connectivity index (χ1v) is 7.12. The first-order valence-electron chi connectivity index (χ1n) is 7.12. The molecule has 0 spiro atoms. The minimum Gasteiger partial charge on any atom is -0.444 e. The SMILES string of the molecule is CC(C)C(C#N)C1CCN(C(=O)OC(C)(C)C)CC1. The number of nitrogens with zero attached hydrogens (tertiary/aromatic N) is 2. The lowest BCUT2D eigenvalue weighted by Crippen LogP contribution is -2.43. The fraction of sp³-hybridized carbons (Fsp3) is 0.867. The molecule has 1 atom stereocenters. The molecule has 0 aromatic heterocycles. The number of likely N-dealkylation sites (tertiary alicyclic amines) is 1. The molecule has 1 rings (SSSR count). The van der Waals surface area contributed by atoms with Crippen molar-refractivity contribution in [1.82, 2.24) is 4.90 Å². The van der Waals surface area contributed by atoms with E-state index in [1.807, 2.05) is 20.8 Å². The number of carbonyl (C=O) groups excluding carboxylic acids is 1. The number of hydrogen-bond donors (Lipinski definition) is 0. The number of piperidine rings is 1. The standard InChI is InChI=1S/C15H26N2O2/c1-11(2)13(10-16)12-6-8-17(9-7-12)14(18)19-15(3,4)5/h11-13H,6-9H2,1-5H3. The van der Waals surface area contributed by atoms with Crippen molar-refractivity contribution in [3.05, 3.63) is 0 Å². The highest BCUT2D eigenvalue weighted by Crippen LogP contribution is 2.30. The smallest absolute Gasteiger partial charge is 0.410 e. The van der Waals surface area contributed by atoms with Gasteiger partial charge in [-0.15, -0.1) is 0 Å². The Balaban J connectivity index is 2.49. The molecule has 1 aliphatic rings. The first kappa shape index (κ1) is 15.8. The molecule has 0 N–H and O–H groups in total. The molecule has 1 aliphatic heterocycles. The highest BCUT2D eigenvalue weighted by atomic mass is 16.6. The number of rotatable bonds is 2. The Hall–Kier alpha value is -1.24. The van der Waals surface area contributed by atoms with Gasteiger partial charge in [0.2, 0.25) is 0 Å². The second kappa shape index (κ2) is 6.27. The maximum atomic E-state index is 11.9. The van der Waals surface area contributed by atoms with E-state index in [4.69, 9.17) is 4.74 Å². The summed E-state index contributed by atoms with van der Waals surface area (Å²) < 4.78 is 5.37. The van der Waals surface area contributed by atoms with Crippen LogP contribution in [0, 0.1) is 29.1 Å². The second-order valence-corrected chi connectivity index (χ2v) is 6.70. The third kappa shape index (κ3) is 4.74. The van der Waals surface area contributed by atoms with Crippen molar-refractivity contribution in [3.8, 4) is 6.07 Å². The van der Waals surface area contributed by atoms with E-state index in [-0.39, 0.29) is 12.0 Å². The Labute approximate surface area is 116 Å². The number of ether oxygens (including phenoxy) is 1. The first-order chi connectivity index (χ1) is 8.74. The average Bonchev–Trinajstić information content (AvgIpc) is 2.28. The third-order valence-electron chi connectivity index (χ3n) is 3.57. The van der Waals surface area contributed by atoms with Gasteiger partial charge >= 0.3 is 6.09 Å². The van der Waals surface area contributed by atoms with Crippen molar-refractivity contribution < 1.29 is 9.53 Å². The largest absolute Gasteiger partial charge is 0.444 e. The molecule has 108 valence electrons. The predicted octanol–water partition coefficient (Wildman–Crippen LogP) is 3.43. The van der Waals surface area contributed by atoms with Gasteiger partial charge in [0, 0.05) is 13.1 Å². The molecule has 19 heavy (non-hydrogen) atoms. The molecule has 0 aliphatic carbocycles. The van der Waals surface area contributed by atoms with Gasteiger partial charge in [0.05, 0.1) is 12.0 Å². The Kier molecular flexibility index (Phi) is 5.22. The van der Waals surface area contributed by atoms with Crippen LogP contribution < -0.4 is 0 Å². The Morgan fingerprint density at radius 1 is 1.32 bits per heavy atom. The van der Waals surface area contributed by atoms with Gasteiger partial charge in [-0.1, -0.05) is 13.8 Å². The molecular weight excluding hydrogens is 240 g/mol. The average molecular weight is 266 g/mol. The van der Waals surface area contributed by atoms with E-state index in [0.29, 0.717) is 24.9 Å². The van der Waals surface area contributed by atoms with Crippen LogP contribution in [0.4, 0.5) is 4.79 Å². The summed E-state index contributed by atoms with van der Waals surface area (Å²) in [5, 5.41) is 9.22. The summed E-state index contributed by atoms with van der Waals surface area (Å²) in [5.41, 5.74) is -0.443. The molecule has 1 amide bonds. The Morgan fingerprint density at radius 2 is 1.84 bits per heavy atom. The molecule has 1 fully saturated rings. The van der Waals surface area contributed by atoms with Crippen LogP contribution in [0.15, 0.2) is 0 Å². The minimum atomic E-state index is -0.443. The molecule has 4 heteroatoms. The molecule has 0 radical (unpaired) electrons. The molecule has 0 aromatic rings. The van der Waals surface area contributed by atoms with Crippen molar-refractivity contribution in [2.24, 2.45) is 17.8 Å². The van der Waals surface area contributed by atoms with Gasteiger partial charge < -0.3 is 9.64 Å². The van der Waals surface area contributed by atoms with Crippen LogP contribution in [0.2, 0.25) is 0 Å². The van der Waals surface area contributed by atoms with Gasteiger partial charge in [-0.3, -0.25) is 0 Å². The minimum absolute atomic E-state index is 0.0980. The Morgan fingerprint density at radius 3 is 2.21 bits per heavy atom. The number of amides is 1. The van der Waals surface area contributed by atoms with Gasteiger partial charge in [-0.25, -0.2) is 4.79 Å². The molecule has 0 aromatic carbocycles. The summed E-state index contributed by atoms with van der Waals surface area (Å²) in [6, 6.07) is 2.42. The van der Waals surface area contributed by atoms with Crippen LogP contribution >= 0.6 is 0 Å². The van der Waals surface area contributed by atoms with Crippen LogP contribution in [0.25, 0.3) is 0 Å². The maximum absolute atomic E-state index is 11.9. The van der Waals surface area contributed by atoms with Crippen LogP contribution in [0.3, 0.4) is 0 Å². The summed E-state index contributed by atoms with van der Waals surface area (Å²) in [4.78, 5) is 13.7. The molecule has 1 saturated heterocycles. The zero-order valence-corrected chi connectivity index (χ0v) is 12.8. The van der Waals surface area contributed by atoms with Crippen molar-refractivity contribution >= 4 is 6.09 Å². The summed E-state index contributed by atoms with van der Waals surface area (Å²) in [6.45, 7) is 11.2. The quantitative estimate of drug-likeness (QED) is 0.769. The van der Waals surface area contributed by atoms with E-state index in [1.165, 1.54) is 0 Å². The zero-order valence-electron chi connectivity index (χ0n) is 12.8. The maximum Gasteiger partial charge on any atom is 0.410 e. The highest BCUT2D eigenvalue weighted by molar-refractivity contribution is 5.68. The van der Waals surface area contributed by atoms with Gasteiger partial charge in [-0.2, -0.15) is 5.26 Å². The van der Waals surface area contributed by atoms with Crippen molar-refractivity contribution in [2.75, 3.05) is 13.1 Å². The van der Waals surface area contributed by atoms with Crippen molar-refractivity contribution in [2.45, 2.75) is 53.1 Å². The Bertz CT molecular complexity index is 344.